The number of primary sulfonamides is 1. The van der Waals surface area contributed by atoms with E-state index in [9.17, 15) is 18.0 Å². The maximum absolute atomic E-state index is 12.3. The highest BCUT2D eigenvalue weighted by molar-refractivity contribution is 8.00. The molecule has 0 heterocycles. The molecule has 9 heteroatoms. The van der Waals surface area contributed by atoms with Crippen LogP contribution in [0, 0.1) is 0 Å². The highest BCUT2D eigenvalue weighted by Crippen LogP contribution is 2.25. The average molecular weight is 393 g/mol. The molecule has 26 heavy (non-hydrogen) atoms. The van der Waals surface area contributed by atoms with E-state index in [0.717, 1.165) is 4.90 Å². The second-order valence-electron chi connectivity index (χ2n) is 5.52. The van der Waals surface area contributed by atoms with Crippen LogP contribution < -0.4 is 15.8 Å². The quantitative estimate of drug-likeness (QED) is 0.651. The van der Waals surface area contributed by atoms with E-state index < -0.39 is 10.0 Å². The zero-order chi connectivity index (χ0) is 19.3. The predicted octanol–water partition coefficient (Wildman–Crippen LogP) is 2.41. The summed E-state index contributed by atoms with van der Waals surface area (Å²) in [6.45, 7) is 3.20. The van der Waals surface area contributed by atoms with E-state index in [4.69, 9.17) is 5.14 Å². The summed E-state index contributed by atoms with van der Waals surface area (Å²) in [6.07, 6.45) is 0. The Morgan fingerprint density at radius 2 is 1.46 bits per heavy atom. The van der Waals surface area contributed by atoms with Gasteiger partial charge in [0.1, 0.15) is 0 Å². The summed E-state index contributed by atoms with van der Waals surface area (Å²) in [5, 5.41) is 10.1. The largest absolute Gasteiger partial charge is 0.326 e. The van der Waals surface area contributed by atoms with Gasteiger partial charge in [-0.15, -0.1) is 11.8 Å². The van der Waals surface area contributed by atoms with Gasteiger partial charge in [-0.25, -0.2) is 13.6 Å². The van der Waals surface area contributed by atoms with Crippen molar-refractivity contribution >= 4 is 45.0 Å². The predicted molar refractivity (Wildman–Crippen MR) is 103 cm³/mol. The summed E-state index contributed by atoms with van der Waals surface area (Å²) in [7, 11) is -3.76. The van der Waals surface area contributed by atoms with Crippen molar-refractivity contribution in [1.82, 2.24) is 0 Å². The number of thioether (sulfide) groups is 1. The number of rotatable bonds is 6. The third-order valence-corrected chi connectivity index (χ3v) is 5.35. The number of benzene rings is 2. The van der Waals surface area contributed by atoms with Gasteiger partial charge in [-0.2, -0.15) is 0 Å². The lowest BCUT2D eigenvalue weighted by molar-refractivity contribution is -0.115. The highest BCUT2D eigenvalue weighted by Gasteiger charge is 2.15. The van der Waals surface area contributed by atoms with Crippen LogP contribution in [0.25, 0.3) is 0 Å². The number of nitrogens with one attached hydrogen (secondary N) is 2. The molecule has 0 aliphatic carbocycles. The first-order valence-corrected chi connectivity index (χ1v) is 10.1. The molecule has 2 amide bonds. The average Bonchev–Trinajstić information content (AvgIpc) is 2.55. The molecule has 0 aromatic heterocycles. The van der Waals surface area contributed by atoms with Crippen LogP contribution in [0.15, 0.2) is 58.3 Å². The van der Waals surface area contributed by atoms with Crippen LogP contribution in [0.5, 0.6) is 0 Å². The number of hydrogen-bond donors (Lipinski definition) is 3. The summed E-state index contributed by atoms with van der Waals surface area (Å²) in [5.74, 6) is -0.365. The van der Waals surface area contributed by atoms with Gasteiger partial charge in [0.2, 0.25) is 21.8 Å². The number of sulfonamides is 1. The van der Waals surface area contributed by atoms with E-state index in [1.165, 1.54) is 43.0 Å². The van der Waals surface area contributed by atoms with Gasteiger partial charge in [0.15, 0.2) is 0 Å². The van der Waals surface area contributed by atoms with Crippen LogP contribution in [0.4, 0.5) is 11.4 Å². The molecule has 7 nitrogen and oxygen atoms in total. The van der Waals surface area contributed by atoms with Crippen molar-refractivity contribution < 1.29 is 18.0 Å². The summed E-state index contributed by atoms with van der Waals surface area (Å²) in [4.78, 5) is 24.1. The topological polar surface area (TPSA) is 118 Å². The molecule has 1 unspecified atom stereocenters. The first kappa shape index (κ1) is 20.0. The molecule has 138 valence electrons. The first-order chi connectivity index (χ1) is 12.1. The van der Waals surface area contributed by atoms with Crippen molar-refractivity contribution in [3.63, 3.8) is 0 Å². The number of carbonyl (C=O) groups is 2. The number of carbonyl (C=O) groups excluding carboxylic acids is 2. The Labute approximate surface area is 156 Å². The molecule has 0 fully saturated rings. The van der Waals surface area contributed by atoms with Crippen molar-refractivity contribution in [3.05, 3.63) is 48.5 Å². The van der Waals surface area contributed by atoms with Crippen LogP contribution in [-0.4, -0.2) is 25.5 Å². The van der Waals surface area contributed by atoms with E-state index >= 15 is 0 Å². The van der Waals surface area contributed by atoms with Gasteiger partial charge in [0.25, 0.3) is 0 Å². The van der Waals surface area contributed by atoms with E-state index in [2.05, 4.69) is 10.6 Å². The number of amides is 2. The molecule has 0 aliphatic rings. The Morgan fingerprint density at radius 3 is 1.96 bits per heavy atom. The third kappa shape index (κ3) is 5.87. The van der Waals surface area contributed by atoms with Crippen LogP contribution in [0.2, 0.25) is 0 Å². The molecule has 0 saturated carbocycles. The van der Waals surface area contributed by atoms with Crippen LogP contribution >= 0.6 is 11.8 Å². The maximum atomic E-state index is 12.3. The highest BCUT2D eigenvalue weighted by atomic mass is 32.2. The first-order valence-electron chi connectivity index (χ1n) is 7.63. The minimum Gasteiger partial charge on any atom is -0.326 e. The lowest BCUT2D eigenvalue weighted by atomic mass is 10.3. The second kappa shape index (κ2) is 8.35. The summed E-state index contributed by atoms with van der Waals surface area (Å²) < 4.78 is 22.4. The van der Waals surface area contributed by atoms with Gasteiger partial charge in [-0.3, -0.25) is 9.59 Å². The molecule has 2 aromatic carbocycles. The van der Waals surface area contributed by atoms with Crippen molar-refractivity contribution in [2.75, 3.05) is 10.6 Å². The second-order valence-corrected chi connectivity index (χ2v) is 8.50. The Morgan fingerprint density at radius 1 is 0.962 bits per heavy atom. The zero-order valence-electron chi connectivity index (χ0n) is 14.2. The number of hydrogen-bond acceptors (Lipinski definition) is 5. The molecular formula is C17H19N3O4S2. The molecule has 2 aromatic rings. The number of nitrogens with two attached hydrogens (primary N) is 1. The minimum absolute atomic E-state index is 0.0165. The third-order valence-electron chi connectivity index (χ3n) is 3.31. The molecule has 1 atom stereocenters. The monoisotopic (exact) mass is 393 g/mol. The molecule has 2 rings (SSSR count). The van der Waals surface area contributed by atoms with Gasteiger partial charge < -0.3 is 10.6 Å². The van der Waals surface area contributed by atoms with Gasteiger partial charge in [0.05, 0.1) is 10.1 Å². The summed E-state index contributed by atoms with van der Waals surface area (Å²) in [5.41, 5.74) is 1.17. The summed E-state index contributed by atoms with van der Waals surface area (Å²) >= 11 is 1.37. The smallest absolute Gasteiger partial charge is 0.238 e. The molecule has 0 bridgehead atoms. The maximum Gasteiger partial charge on any atom is 0.238 e. The lowest BCUT2D eigenvalue weighted by Gasteiger charge is -2.12. The van der Waals surface area contributed by atoms with Crippen LogP contribution in [0.3, 0.4) is 0 Å². The van der Waals surface area contributed by atoms with E-state index in [0.29, 0.717) is 11.4 Å². The van der Waals surface area contributed by atoms with Crippen molar-refractivity contribution in [2.24, 2.45) is 5.14 Å². The van der Waals surface area contributed by atoms with Gasteiger partial charge in [0, 0.05) is 23.2 Å². The molecule has 0 saturated heterocycles. The molecular weight excluding hydrogens is 374 g/mol. The Bertz CT molecular complexity index is 895. The van der Waals surface area contributed by atoms with E-state index in [-0.39, 0.29) is 22.0 Å². The standard InChI is InChI=1S/C17H19N3O4S2/c1-11(25-15-7-3-13(4-8-15)19-12(2)21)17(22)20-14-5-9-16(10-6-14)26(18,23)24/h3-11H,1-2H3,(H,19,21)(H,20,22)(H2,18,23,24). The number of anilines is 2. The van der Waals surface area contributed by atoms with Gasteiger partial charge in [-0.05, 0) is 55.5 Å². The Balaban J connectivity index is 1.96. The van der Waals surface area contributed by atoms with E-state index in [1.807, 2.05) is 12.1 Å². The Hall–Kier alpha value is -2.36. The fourth-order valence-electron chi connectivity index (χ4n) is 2.05. The van der Waals surface area contributed by atoms with Crippen molar-refractivity contribution in [3.8, 4) is 0 Å². The van der Waals surface area contributed by atoms with Crippen molar-refractivity contribution in [2.45, 2.75) is 28.9 Å². The molecule has 0 aliphatic heterocycles. The van der Waals surface area contributed by atoms with Gasteiger partial charge in [-0.1, -0.05) is 0 Å². The van der Waals surface area contributed by atoms with Crippen LogP contribution in [-0.2, 0) is 19.6 Å². The minimum atomic E-state index is -3.76. The molecule has 4 N–H and O–H groups in total. The lowest BCUT2D eigenvalue weighted by Crippen LogP contribution is -2.22. The van der Waals surface area contributed by atoms with Crippen molar-refractivity contribution in [1.29, 1.82) is 0 Å². The molecule has 0 spiro atoms. The molecule has 0 radical (unpaired) electrons. The normalized spacial score (nSPS) is 12.3. The summed E-state index contributed by atoms with van der Waals surface area (Å²) in [6, 6.07) is 12.8. The van der Waals surface area contributed by atoms with Gasteiger partial charge >= 0.3 is 0 Å². The zero-order valence-corrected chi connectivity index (χ0v) is 15.9. The van der Waals surface area contributed by atoms with Crippen LogP contribution in [0.1, 0.15) is 13.8 Å². The Kier molecular flexibility index (Phi) is 6.41. The fraction of sp³-hybridized carbons (Fsp3) is 0.176. The van der Waals surface area contributed by atoms with E-state index in [1.54, 1.807) is 19.1 Å². The SMILES string of the molecule is CC(=O)Nc1ccc(SC(C)C(=O)Nc2ccc(S(N)(=O)=O)cc2)cc1. The fourth-order valence-corrected chi connectivity index (χ4v) is 3.43.